The number of carboxylic acids is 1. The van der Waals surface area contributed by atoms with Gasteiger partial charge in [0.2, 0.25) is 0 Å². The number of hydrazone groups is 1. The van der Waals surface area contributed by atoms with Crippen LogP contribution in [0.25, 0.3) is 17.3 Å². The third-order valence-electron chi connectivity index (χ3n) is 5.97. The minimum atomic E-state index is -1.19. The lowest BCUT2D eigenvalue weighted by Gasteiger charge is -2.13. The summed E-state index contributed by atoms with van der Waals surface area (Å²) in [4.78, 5) is 24.9. The molecule has 0 bridgehead atoms. The second-order valence-corrected chi connectivity index (χ2v) is 9.81. The molecule has 0 unspecified atom stereocenters. The number of amides is 1. The number of carboxylic acid groups (broad SMARTS) is 1. The van der Waals surface area contributed by atoms with Gasteiger partial charge in [0, 0.05) is 27.4 Å². The van der Waals surface area contributed by atoms with Crippen molar-refractivity contribution in [2.45, 2.75) is 13.5 Å². The molecule has 0 aliphatic carbocycles. The summed E-state index contributed by atoms with van der Waals surface area (Å²) in [6.07, 6.45) is 3.58. The second-order valence-electron chi connectivity index (χ2n) is 8.56. The zero-order valence-corrected chi connectivity index (χ0v) is 22.2. The SMILES string of the molecule is CC1=NN(c2ccc(Cl)c(C(=O)O)c2)C(=O)/C1=C/c1cn(Cc2ccc(Cl)cc2Cl)nc1-c1ccccc1. The number of aromatic carboxylic acids is 1. The van der Waals surface area contributed by atoms with Crippen LogP contribution >= 0.6 is 34.8 Å². The van der Waals surface area contributed by atoms with Gasteiger partial charge in [0.1, 0.15) is 0 Å². The fourth-order valence-corrected chi connectivity index (χ4v) is 4.76. The first-order chi connectivity index (χ1) is 18.2. The monoisotopic (exact) mass is 564 g/mol. The van der Waals surface area contributed by atoms with E-state index in [1.54, 1.807) is 35.9 Å². The molecule has 2 heterocycles. The van der Waals surface area contributed by atoms with Crippen molar-refractivity contribution < 1.29 is 14.7 Å². The van der Waals surface area contributed by atoms with Crippen molar-refractivity contribution in [2.24, 2.45) is 5.10 Å². The predicted molar refractivity (Wildman–Crippen MR) is 150 cm³/mol. The molecule has 1 aliphatic heterocycles. The smallest absolute Gasteiger partial charge is 0.337 e. The fraction of sp³-hybridized carbons (Fsp3) is 0.0714. The molecule has 4 aromatic rings. The van der Waals surface area contributed by atoms with Gasteiger partial charge < -0.3 is 5.11 Å². The molecule has 1 amide bonds. The van der Waals surface area contributed by atoms with E-state index in [0.717, 1.165) is 11.1 Å². The fourth-order valence-electron chi connectivity index (χ4n) is 4.09. The summed E-state index contributed by atoms with van der Waals surface area (Å²) < 4.78 is 1.76. The number of hydrogen-bond donors (Lipinski definition) is 1. The molecule has 0 atom stereocenters. The minimum absolute atomic E-state index is 0.0741. The molecule has 38 heavy (non-hydrogen) atoms. The van der Waals surface area contributed by atoms with E-state index in [1.165, 1.54) is 17.1 Å². The summed E-state index contributed by atoms with van der Waals surface area (Å²) in [5, 5.41) is 20.9. The normalized spacial score (nSPS) is 14.3. The van der Waals surface area contributed by atoms with Crippen molar-refractivity contribution in [3.63, 3.8) is 0 Å². The van der Waals surface area contributed by atoms with Crippen molar-refractivity contribution in [1.82, 2.24) is 9.78 Å². The molecule has 5 rings (SSSR count). The van der Waals surface area contributed by atoms with Crippen molar-refractivity contribution in [3.8, 4) is 11.3 Å². The predicted octanol–water partition coefficient (Wildman–Crippen LogP) is 7.06. The van der Waals surface area contributed by atoms with Crippen molar-refractivity contribution in [1.29, 1.82) is 0 Å². The van der Waals surface area contributed by atoms with Crippen LogP contribution in [-0.4, -0.2) is 32.5 Å². The van der Waals surface area contributed by atoms with Gasteiger partial charge >= 0.3 is 5.97 Å². The quantitative estimate of drug-likeness (QED) is 0.253. The number of nitrogens with zero attached hydrogens (tertiary/aromatic N) is 4. The second kappa shape index (κ2) is 10.5. The highest BCUT2D eigenvalue weighted by molar-refractivity contribution is 6.35. The zero-order valence-electron chi connectivity index (χ0n) is 19.9. The number of halogens is 3. The molecule has 0 fully saturated rings. The molecule has 1 aliphatic rings. The number of carbonyl (C=O) groups excluding carboxylic acids is 1. The summed E-state index contributed by atoms with van der Waals surface area (Å²) in [5.74, 6) is -1.59. The summed E-state index contributed by atoms with van der Waals surface area (Å²) in [6, 6.07) is 19.2. The molecule has 7 nitrogen and oxygen atoms in total. The molecule has 0 radical (unpaired) electrons. The Bertz CT molecular complexity index is 1640. The Morgan fingerprint density at radius 1 is 1.00 bits per heavy atom. The van der Waals surface area contributed by atoms with Crippen LogP contribution in [-0.2, 0) is 11.3 Å². The summed E-state index contributed by atoms with van der Waals surface area (Å²) in [6.45, 7) is 2.12. The van der Waals surface area contributed by atoms with Gasteiger partial charge in [0.05, 0.1) is 39.8 Å². The molecule has 0 saturated carbocycles. The Hall–Kier alpha value is -3.91. The molecular formula is C28H19Cl3N4O3. The molecule has 10 heteroatoms. The van der Waals surface area contributed by atoms with Gasteiger partial charge in [-0.15, -0.1) is 0 Å². The maximum Gasteiger partial charge on any atom is 0.337 e. The first-order valence-electron chi connectivity index (χ1n) is 11.4. The molecule has 190 valence electrons. The lowest BCUT2D eigenvalue weighted by Crippen LogP contribution is -2.21. The van der Waals surface area contributed by atoms with Crippen LogP contribution in [0.15, 0.2) is 83.6 Å². The number of hydrogen-bond acceptors (Lipinski definition) is 4. The van der Waals surface area contributed by atoms with E-state index in [9.17, 15) is 14.7 Å². The van der Waals surface area contributed by atoms with Gasteiger partial charge in [-0.3, -0.25) is 9.48 Å². The van der Waals surface area contributed by atoms with Gasteiger partial charge in [-0.2, -0.15) is 15.2 Å². The summed E-state index contributed by atoms with van der Waals surface area (Å²) in [5.41, 5.74) is 4.14. The number of anilines is 1. The van der Waals surface area contributed by atoms with Gasteiger partial charge in [0.15, 0.2) is 0 Å². The summed E-state index contributed by atoms with van der Waals surface area (Å²) in [7, 11) is 0. The topological polar surface area (TPSA) is 87.8 Å². The van der Waals surface area contributed by atoms with Crippen LogP contribution in [0.3, 0.4) is 0 Å². The van der Waals surface area contributed by atoms with E-state index in [0.29, 0.717) is 44.8 Å². The Kier molecular flexibility index (Phi) is 7.08. The Morgan fingerprint density at radius 2 is 1.76 bits per heavy atom. The molecule has 3 aromatic carbocycles. The first-order valence-corrected chi connectivity index (χ1v) is 12.6. The molecule has 1 N–H and O–H groups in total. The third kappa shape index (κ3) is 5.09. The van der Waals surface area contributed by atoms with E-state index in [-0.39, 0.29) is 10.6 Å². The Morgan fingerprint density at radius 3 is 2.47 bits per heavy atom. The average molecular weight is 566 g/mol. The Labute approximate surface area is 233 Å². The number of rotatable bonds is 6. The van der Waals surface area contributed by atoms with Crippen LogP contribution in [0.4, 0.5) is 5.69 Å². The van der Waals surface area contributed by atoms with Gasteiger partial charge in [-0.1, -0.05) is 71.2 Å². The van der Waals surface area contributed by atoms with Gasteiger partial charge in [-0.25, -0.2) is 4.79 Å². The maximum absolute atomic E-state index is 13.4. The van der Waals surface area contributed by atoms with Gasteiger partial charge in [-0.05, 0) is 48.9 Å². The number of aromatic nitrogens is 2. The minimum Gasteiger partial charge on any atom is -0.478 e. The highest BCUT2D eigenvalue weighted by atomic mass is 35.5. The van der Waals surface area contributed by atoms with Crippen molar-refractivity contribution >= 4 is 64.2 Å². The molecule has 0 saturated heterocycles. The van der Waals surface area contributed by atoms with Gasteiger partial charge in [0.25, 0.3) is 5.91 Å². The lowest BCUT2D eigenvalue weighted by atomic mass is 10.0. The van der Waals surface area contributed by atoms with E-state index < -0.39 is 11.9 Å². The van der Waals surface area contributed by atoms with Crippen LogP contribution < -0.4 is 5.01 Å². The van der Waals surface area contributed by atoms with E-state index in [1.807, 2.05) is 42.6 Å². The van der Waals surface area contributed by atoms with Crippen molar-refractivity contribution in [2.75, 3.05) is 5.01 Å². The van der Waals surface area contributed by atoms with E-state index >= 15 is 0 Å². The van der Waals surface area contributed by atoms with E-state index in [4.69, 9.17) is 39.9 Å². The van der Waals surface area contributed by atoms with Crippen LogP contribution in [0, 0.1) is 0 Å². The highest BCUT2D eigenvalue weighted by Crippen LogP contribution is 2.31. The number of benzene rings is 3. The lowest BCUT2D eigenvalue weighted by molar-refractivity contribution is -0.114. The molecular weight excluding hydrogens is 547 g/mol. The first kappa shape index (κ1) is 25.7. The molecule has 0 spiro atoms. The Balaban J connectivity index is 1.54. The number of carbonyl (C=O) groups is 2. The molecule has 1 aromatic heterocycles. The highest BCUT2D eigenvalue weighted by Gasteiger charge is 2.30. The largest absolute Gasteiger partial charge is 0.478 e. The van der Waals surface area contributed by atoms with Crippen LogP contribution in [0.1, 0.15) is 28.4 Å². The van der Waals surface area contributed by atoms with Crippen molar-refractivity contribution in [3.05, 3.63) is 110 Å². The maximum atomic E-state index is 13.4. The standard InChI is InChI=1S/C28H19Cl3N4O3/c1-16-22(27(36)35(32-16)21-9-10-24(30)23(13-21)28(37)38)11-19-15-34(14-18-7-8-20(29)12-25(18)31)33-26(19)17-5-3-2-4-6-17/h2-13,15H,14H2,1H3,(H,37,38)/b22-11+. The average Bonchev–Trinajstić information content (AvgIpc) is 3.42. The van der Waals surface area contributed by atoms with Crippen LogP contribution in [0.5, 0.6) is 0 Å². The third-order valence-corrected chi connectivity index (χ3v) is 6.89. The zero-order chi connectivity index (χ0) is 27.0. The summed E-state index contributed by atoms with van der Waals surface area (Å²) >= 11 is 18.4. The van der Waals surface area contributed by atoms with E-state index in [2.05, 4.69) is 5.10 Å². The van der Waals surface area contributed by atoms with Crippen LogP contribution in [0.2, 0.25) is 15.1 Å².